The number of hydrogen-bond donors (Lipinski definition) is 2. The number of benzene rings is 2. The minimum atomic E-state index is 0. The van der Waals surface area contributed by atoms with Crippen LogP contribution >= 0.6 is 24.0 Å². The lowest BCUT2D eigenvalue weighted by molar-refractivity contribution is -0.121. The van der Waals surface area contributed by atoms with Crippen molar-refractivity contribution in [2.45, 2.75) is 38.1 Å². The highest BCUT2D eigenvalue weighted by Crippen LogP contribution is 2.31. The first-order valence-electron chi connectivity index (χ1n) is 8.04. The third-order valence-corrected chi connectivity index (χ3v) is 4.62. The molecule has 3 nitrogen and oxygen atoms in total. The molecule has 0 heterocycles. The molecule has 128 valence electrons. The number of fused-ring (bicyclic) bond motifs is 1. The lowest BCUT2D eigenvalue weighted by atomic mass is 9.87. The van der Waals surface area contributed by atoms with Crippen molar-refractivity contribution in [3.05, 3.63) is 64.2 Å². The molecule has 2 aromatic rings. The van der Waals surface area contributed by atoms with E-state index in [0.717, 1.165) is 42.0 Å². The summed E-state index contributed by atoms with van der Waals surface area (Å²) in [6.45, 7) is 0. The van der Waals surface area contributed by atoms with Gasteiger partial charge in [0.25, 0.3) is 0 Å². The predicted molar refractivity (Wildman–Crippen MR) is 102 cm³/mol. The van der Waals surface area contributed by atoms with Gasteiger partial charge in [0.1, 0.15) is 0 Å². The monoisotopic (exact) mass is 364 g/mol. The number of nitrogen functional groups attached to an aromatic ring is 1. The smallest absolute Gasteiger partial charge is 0.220 e. The van der Waals surface area contributed by atoms with E-state index >= 15 is 0 Å². The maximum absolute atomic E-state index is 12.3. The molecule has 0 aromatic heterocycles. The first-order valence-corrected chi connectivity index (χ1v) is 8.42. The second kappa shape index (κ2) is 8.41. The molecule has 0 saturated heterocycles. The summed E-state index contributed by atoms with van der Waals surface area (Å²) in [6, 6.07) is 13.7. The van der Waals surface area contributed by atoms with Crippen LogP contribution in [-0.4, -0.2) is 5.91 Å². The highest BCUT2D eigenvalue weighted by Gasteiger charge is 2.21. The third kappa shape index (κ3) is 4.65. The summed E-state index contributed by atoms with van der Waals surface area (Å²) in [4.78, 5) is 12.3. The normalized spacial score (nSPS) is 16.0. The van der Waals surface area contributed by atoms with Gasteiger partial charge in [0.15, 0.2) is 0 Å². The summed E-state index contributed by atoms with van der Waals surface area (Å²) >= 11 is 5.87. The number of hydrogen-bond acceptors (Lipinski definition) is 2. The largest absolute Gasteiger partial charge is 0.399 e. The molecule has 24 heavy (non-hydrogen) atoms. The summed E-state index contributed by atoms with van der Waals surface area (Å²) in [5, 5.41) is 3.89. The van der Waals surface area contributed by atoms with Gasteiger partial charge in [-0.05, 0) is 66.6 Å². The fourth-order valence-electron chi connectivity index (χ4n) is 3.16. The van der Waals surface area contributed by atoms with Crippen LogP contribution in [0.15, 0.2) is 42.5 Å². The maximum Gasteiger partial charge on any atom is 0.220 e. The van der Waals surface area contributed by atoms with Crippen molar-refractivity contribution >= 4 is 35.6 Å². The average Bonchev–Trinajstić information content (AvgIpc) is 2.54. The number of aryl methyl sites for hydroxylation is 2. The molecule has 0 radical (unpaired) electrons. The van der Waals surface area contributed by atoms with E-state index in [4.69, 9.17) is 17.3 Å². The molecule has 5 heteroatoms. The molecule has 0 bridgehead atoms. The molecule has 0 aliphatic heterocycles. The average molecular weight is 365 g/mol. The molecule has 0 fully saturated rings. The predicted octanol–water partition coefficient (Wildman–Crippen LogP) is 4.47. The highest BCUT2D eigenvalue weighted by molar-refractivity contribution is 6.30. The Balaban J connectivity index is 0.00000208. The van der Waals surface area contributed by atoms with Crippen molar-refractivity contribution in [2.75, 3.05) is 5.73 Å². The molecular weight excluding hydrogens is 343 g/mol. The minimum absolute atomic E-state index is 0. The summed E-state index contributed by atoms with van der Waals surface area (Å²) < 4.78 is 0. The van der Waals surface area contributed by atoms with E-state index < -0.39 is 0 Å². The number of nitrogens with two attached hydrogens (primary N) is 1. The fraction of sp³-hybridized carbons (Fsp3) is 0.316. The fourth-order valence-corrected chi connectivity index (χ4v) is 3.29. The van der Waals surface area contributed by atoms with E-state index in [0.29, 0.717) is 6.42 Å². The molecule has 1 amide bonds. The van der Waals surface area contributed by atoms with Crippen molar-refractivity contribution in [1.82, 2.24) is 5.32 Å². The number of anilines is 1. The molecule has 1 unspecified atom stereocenters. The van der Waals surface area contributed by atoms with Gasteiger partial charge in [0.2, 0.25) is 5.91 Å². The van der Waals surface area contributed by atoms with Crippen molar-refractivity contribution in [2.24, 2.45) is 0 Å². The summed E-state index contributed by atoms with van der Waals surface area (Å²) in [5.41, 5.74) is 10.2. The molecule has 0 spiro atoms. The van der Waals surface area contributed by atoms with Crippen LogP contribution in [0.2, 0.25) is 5.02 Å². The van der Waals surface area contributed by atoms with E-state index in [1.165, 1.54) is 11.1 Å². The van der Waals surface area contributed by atoms with E-state index in [-0.39, 0.29) is 24.4 Å². The van der Waals surface area contributed by atoms with E-state index in [1.54, 1.807) is 0 Å². The van der Waals surface area contributed by atoms with E-state index in [2.05, 4.69) is 5.32 Å². The highest BCUT2D eigenvalue weighted by atomic mass is 35.5. The van der Waals surface area contributed by atoms with Gasteiger partial charge in [-0.15, -0.1) is 12.4 Å². The van der Waals surface area contributed by atoms with Crippen molar-refractivity contribution in [1.29, 1.82) is 0 Å². The number of nitrogens with one attached hydrogen (secondary N) is 1. The van der Waals surface area contributed by atoms with Crippen LogP contribution in [-0.2, 0) is 17.6 Å². The molecule has 3 N–H and O–H groups in total. The van der Waals surface area contributed by atoms with Gasteiger partial charge in [-0.25, -0.2) is 0 Å². The second-order valence-corrected chi connectivity index (χ2v) is 6.53. The molecular formula is C19H22Cl2N2O. The Morgan fingerprint density at radius 3 is 2.71 bits per heavy atom. The molecule has 1 aliphatic carbocycles. The van der Waals surface area contributed by atoms with Crippen LogP contribution in [0, 0.1) is 0 Å². The third-order valence-electron chi connectivity index (χ3n) is 4.37. The van der Waals surface area contributed by atoms with Crippen molar-refractivity contribution in [3.8, 4) is 0 Å². The zero-order valence-electron chi connectivity index (χ0n) is 13.4. The SMILES string of the molecule is Cl.Nc1ccc2c(c1)CCCC2NC(=O)CCc1ccc(Cl)cc1. The first kappa shape index (κ1) is 18.6. The van der Waals surface area contributed by atoms with Gasteiger partial charge in [0.05, 0.1) is 6.04 Å². The van der Waals surface area contributed by atoms with Crippen LogP contribution in [0.5, 0.6) is 0 Å². The van der Waals surface area contributed by atoms with Gasteiger partial charge < -0.3 is 11.1 Å². The van der Waals surface area contributed by atoms with Gasteiger partial charge in [-0.3, -0.25) is 4.79 Å². The van der Waals surface area contributed by atoms with Crippen LogP contribution in [0.4, 0.5) is 5.69 Å². The first-order chi connectivity index (χ1) is 11.1. The van der Waals surface area contributed by atoms with Crippen LogP contribution in [0.3, 0.4) is 0 Å². The lowest BCUT2D eigenvalue weighted by Gasteiger charge is -2.26. The van der Waals surface area contributed by atoms with Gasteiger partial charge in [0, 0.05) is 17.1 Å². The Hall–Kier alpha value is -1.71. The van der Waals surface area contributed by atoms with Crippen molar-refractivity contribution in [3.63, 3.8) is 0 Å². The zero-order valence-corrected chi connectivity index (χ0v) is 15.0. The molecule has 1 atom stereocenters. The molecule has 1 aliphatic rings. The Kier molecular flexibility index (Phi) is 6.52. The number of amides is 1. The standard InChI is InChI=1S/C19H21ClN2O.ClH/c20-15-7-4-13(5-8-15)6-11-19(23)22-18-3-1-2-14-12-16(21)9-10-17(14)18;/h4-5,7-10,12,18H,1-3,6,11,21H2,(H,22,23);1H. The van der Waals surface area contributed by atoms with E-state index in [1.807, 2.05) is 42.5 Å². The Bertz CT molecular complexity index is 701. The van der Waals surface area contributed by atoms with Crippen molar-refractivity contribution < 1.29 is 4.79 Å². The summed E-state index contributed by atoms with van der Waals surface area (Å²) in [7, 11) is 0. The lowest BCUT2D eigenvalue weighted by Crippen LogP contribution is -2.31. The molecule has 2 aromatic carbocycles. The van der Waals surface area contributed by atoms with Gasteiger partial charge in [-0.2, -0.15) is 0 Å². The number of halogens is 2. The van der Waals surface area contributed by atoms with Gasteiger partial charge in [-0.1, -0.05) is 29.8 Å². The zero-order chi connectivity index (χ0) is 16.2. The molecule has 0 saturated carbocycles. The molecule has 3 rings (SSSR count). The Morgan fingerprint density at radius 2 is 1.96 bits per heavy atom. The van der Waals surface area contributed by atoms with Crippen LogP contribution < -0.4 is 11.1 Å². The minimum Gasteiger partial charge on any atom is -0.399 e. The second-order valence-electron chi connectivity index (χ2n) is 6.10. The summed E-state index contributed by atoms with van der Waals surface area (Å²) in [5.74, 6) is 0.0922. The number of carbonyl (C=O) groups excluding carboxylic acids is 1. The van der Waals surface area contributed by atoms with E-state index in [9.17, 15) is 4.79 Å². The quantitative estimate of drug-likeness (QED) is 0.786. The topological polar surface area (TPSA) is 55.1 Å². The summed E-state index contributed by atoms with van der Waals surface area (Å²) in [6.07, 6.45) is 4.33. The number of carbonyl (C=O) groups is 1. The Morgan fingerprint density at radius 1 is 1.21 bits per heavy atom. The number of rotatable bonds is 4. The Labute approximate surface area is 154 Å². The van der Waals surface area contributed by atoms with Gasteiger partial charge >= 0.3 is 0 Å². The maximum atomic E-state index is 12.3. The van der Waals surface area contributed by atoms with Crippen LogP contribution in [0.1, 0.15) is 42.0 Å². The van der Waals surface area contributed by atoms with Crippen LogP contribution in [0.25, 0.3) is 0 Å².